The van der Waals surface area contributed by atoms with Gasteiger partial charge in [0, 0.05) is 11.5 Å². The standard InChI is InChI=1S/C11H9N2O2/c1-15-11-8(10(12)14)6-7-4-2-3-5-9(7)13-11/h2-5H,1H3,(H2,12,14). The Morgan fingerprint density at radius 3 is 2.87 bits per heavy atom. The Balaban J connectivity index is 2.74. The van der Waals surface area contributed by atoms with Crippen molar-refractivity contribution in [2.45, 2.75) is 0 Å². The molecule has 15 heavy (non-hydrogen) atoms. The van der Waals surface area contributed by atoms with Crippen molar-refractivity contribution in [2.75, 3.05) is 7.11 Å². The number of fused-ring (bicyclic) bond motifs is 1. The zero-order chi connectivity index (χ0) is 10.8. The average molecular weight is 201 g/mol. The quantitative estimate of drug-likeness (QED) is 0.792. The number of benzene rings is 1. The molecule has 0 saturated carbocycles. The highest BCUT2D eigenvalue weighted by molar-refractivity contribution is 5.98. The van der Waals surface area contributed by atoms with Crippen LogP contribution in [0.15, 0.2) is 24.3 Å². The first-order chi connectivity index (χ1) is 7.22. The van der Waals surface area contributed by atoms with Crippen molar-refractivity contribution in [3.05, 3.63) is 35.9 Å². The number of ether oxygens (including phenoxy) is 1. The third kappa shape index (κ3) is 1.61. The van der Waals surface area contributed by atoms with Gasteiger partial charge in [0.15, 0.2) is 0 Å². The Bertz CT molecular complexity index is 523. The largest absolute Gasteiger partial charge is 0.480 e. The lowest BCUT2D eigenvalue weighted by atomic mass is 10.1. The first kappa shape index (κ1) is 9.45. The molecule has 1 radical (unpaired) electrons. The molecule has 0 unspecified atom stereocenters. The van der Waals surface area contributed by atoms with E-state index in [0.29, 0.717) is 0 Å². The third-order valence-corrected chi connectivity index (χ3v) is 2.04. The molecule has 0 bridgehead atoms. The van der Waals surface area contributed by atoms with Gasteiger partial charge in [0.25, 0.3) is 5.91 Å². The smallest absolute Gasteiger partial charge is 0.254 e. The van der Waals surface area contributed by atoms with Crippen LogP contribution in [-0.2, 0) is 0 Å². The van der Waals surface area contributed by atoms with E-state index in [4.69, 9.17) is 10.5 Å². The maximum atomic E-state index is 11.1. The van der Waals surface area contributed by atoms with Crippen LogP contribution in [0.5, 0.6) is 5.88 Å². The van der Waals surface area contributed by atoms with Crippen molar-refractivity contribution < 1.29 is 9.53 Å². The number of methoxy groups -OCH3 is 1. The highest BCUT2D eigenvalue weighted by Crippen LogP contribution is 2.20. The summed E-state index contributed by atoms with van der Waals surface area (Å²) in [5.74, 6) is -0.383. The van der Waals surface area contributed by atoms with E-state index in [1.54, 1.807) is 0 Å². The van der Waals surface area contributed by atoms with E-state index < -0.39 is 5.91 Å². The second kappa shape index (κ2) is 3.57. The number of carbonyl (C=O) groups is 1. The number of carbonyl (C=O) groups excluding carboxylic acids is 1. The van der Waals surface area contributed by atoms with Crippen molar-refractivity contribution in [3.63, 3.8) is 0 Å². The van der Waals surface area contributed by atoms with Gasteiger partial charge in [-0.1, -0.05) is 18.2 Å². The summed E-state index contributed by atoms with van der Waals surface area (Å²) in [6, 6.07) is 10.2. The van der Waals surface area contributed by atoms with Crippen LogP contribution in [0.25, 0.3) is 10.9 Å². The maximum absolute atomic E-state index is 11.1. The molecule has 1 amide bonds. The average Bonchev–Trinajstić information content (AvgIpc) is 2.27. The molecule has 2 rings (SSSR count). The molecule has 0 atom stereocenters. The number of amides is 1. The molecule has 2 N–H and O–H groups in total. The predicted octanol–water partition coefficient (Wildman–Crippen LogP) is 1.14. The van der Waals surface area contributed by atoms with Gasteiger partial charge in [0.2, 0.25) is 5.88 Å². The van der Waals surface area contributed by atoms with Crippen LogP contribution in [0.3, 0.4) is 0 Å². The minimum absolute atomic E-state index is 0.177. The molecular weight excluding hydrogens is 192 g/mol. The van der Waals surface area contributed by atoms with Crippen LogP contribution in [0.1, 0.15) is 10.4 Å². The third-order valence-electron chi connectivity index (χ3n) is 2.04. The number of hydrogen-bond donors (Lipinski definition) is 1. The monoisotopic (exact) mass is 201 g/mol. The molecule has 4 nitrogen and oxygen atoms in total. The summed E-state index contributed by atoms with van der Waals surface area (Å²) in [5.41, 5.74) is 6.09. The predicted molar refractivity (Wildman–Crippen MR) is 55.6 cm³/mol. The van der Waals surface area contributed by atoms with Crippen molar-refractivity contribution in [1.29, 1.82) is 0 Å². The Labute approximate surface area is 86.7 Å². The lowest BCUT2D eigenvalue weighted by Gasteiger charge is -2.05. The number of aromatic nitrogens is 1. The van der Waals surface area contributed by atoms with E-state index in [-0.39, 0.29) is 11.4 Å². The zero-order valence-corrected chi connectivity index (χ0v) is 8.15. The lowest BCUT2D eigenvalue weighted by Crippen LogP contribution is -2.13. The fourth-order valence-electron chi connectivity index (χ4n) is 1.34. The number of nitrogens with two attached hydrogens (primary N) is 1. The Morgan fingerprint density at radius 1 is 1.47 bits per heavy atom. The summed E-state index contributed by atoms with van der Waals surface area (Å²) < 4.78 is 4.97. The molecule has 0 spiro atoms. The fourth-order valence-corrected chi connectivity index (χ4v) is 1.34. The van der Waals surface area contributed by atoms with Gasteiger partial charge in [-0.3, -0.25) is 4.79 Å². The molecule has 0 aliphatic rings. The lowest BCUT2D eigenvalue weighted by molar-refractivity contribution is 0.0996. The van der Waals surface area contributed by atoms with Gasteiger partial charge in [0.05, 0.1) is 12.6 Å². The molecule has 1 aromatic carbocycles. The Hall–Kier alpha value is -2.10. The molecule has 0 aliphatic carbocycles. The van der Waals surface area contributed by atoms with Crippen LogP contribution in [0, 0.1) is 6.07 Å². The van der Waals surface area contributed by atoms with Gasteiger partial charge in [-0.25, -0.2) is 4.98 Å². The Morgan fingerprint density at radius 2 is 2.20 bits per heavy atom. The summed E-state index contributed by atoms with van der Waals surface area (Å²) >= 11 is 0. The molecular formula is C11H9N2O2. The van der Waals surface area contributed by atoms with Crippen molar-refractivity contribution in [3.8, 4) is 5.88 Å². The molecule has 0 saturated heterocycles. The normalized spacial score (nSPS) is 10.2. The van der Waals surface area contributed by atoms with Crippen molar-refractivity contribution >= 4 is 16.8 Å². The fraction of sp³-hybridized carbons (Fsp3) is 0.0909. The van der Waals surface area contributed by atoms with Crippen LogP contribution < -0.4 is 10.5 Å². The number of hydrogen-bond acceptors (Lipinski definition) is 3. The topological polar surface area (TPSA) is 65.2 Å². The maximum Gasteiger partial charge on any atom is 0.254 e. The van der Waals surface area contributed by atoms with E-state index in [1.807, 2.05) is 24.3 Å². The Kier molecular flexibility index (Phi) is 2.25. The molecule has 0 aliphatic heterocycles. The number of para-hydroxylation sites is 1. The van der Waals surface area contributed by atoms with Crippen molar-refractivity contribution in [1.82, 2.24) is 4.98 Å². The van der Waals surface area contributed by atoms with Crippen molar-refractivity contribution in [2.24, 2.45) is 5.73 Å². The SMILES string of the molecule is COc1nc2ccccc2[c]c1C(N)=O. The first-order valence-electron chi connectivity index (χ1n) is 4.38. The number of pyridine rings is 1. The molecule has 4 heteroatoms. The summed E-state index contributed by atoms with van der Waals surface area (Å²) in [6.45, 7) is 0. The van der Waals surface area contributed by atoms with E-state index in [1.165, 1.54) is 7.11 Å². The number of nitrogens with zero attached hydrogens (tertiary/aromatic N) is 1. The van der Waals surface area contributed by atoms with Gasteiger partial charge >= 0.3 is 0 Å². The van der Waals surface area contributed by atoms with E-state index in [0.717, 1.165) is 10.9 Å². The molecule has 0 fully saturated rings. The summed E-state index contributed by atoms with van der Waals surface area (Å²) in [4.78, 5) is 15.3. The second-order valence-electron chi connectivity index (χ2n) is 3.00. The summed E-state index contributed by atoms with van der Waals surface area (Å²) in [5, 5.41) is 0.743. The first-order valence-corrected chi connectivity index (χ1v) is 4.38. The van der Waals surface area contributed by atoms with E-state index in [9.17, 15) is 4.79 Å². The van der Waals surface area contributed by atoms with Gasteiger partial charge in [-0.05, 0) is 6.07 Å². The van der Waals surface area contributed by atoms with Crippen LogP contribution in [0.4, 0.5) is 0 Å². The minimum Gasteiger partial charge on any atom is -0.480 e. The van der Waals surface area contributed by atoms with Crippen LogP contribution in [-0.4, -0.2) is 18.0 Å². The van der Waals surface area contributed by atoms with Gasteiger partial charge in [-0.15, -0.1) is 0 Å². The molecule has 75 valence electrons. The van der Waals surface area contributed by atoms with E-state index in [2.05, 4.69) is 11.1 Å². The second-order valence-corrected chi connectivity index (χ2v) is 3.00. The molecule has 1 aromatic heterocycles. The van der Waals surface area contributed by atoms with Crippen LogP contribution in [0.2, 0.25) is 0 Å². The number of primary amides is 1. The van der Waals surface area contributed by atoms with Gasteiger partial charge in [-0.2, -0.15) is 0 Å². The summed E-state index contributed by atoms with van der Waals surface area (Å²) in [7, 11) is 1.44. The van der Waals surface area contributed by atoms with Crippen LogP contribution >= 0.6 is 0 Å². The minimum atomic E-state index is -0.592. The number of rotatable bonds is 2. The summed E-state index contributed by atoms with van der Waals surface area (Å²) in [6.07, 6.45) is 0. The molecule has 1 heterocycles. The van der Waals surface area contributed by atoms with Gasteiger partial charge < -0.3 is 10.5 Å². The molecule has 2 aromatic rings. The highest BCUT2D eigenvalue weighted by Gasteiger charge is 2.12. The highest BCUT2D eigenvalue weighted by atomic mass is 16.5. The van der Waals surface area contributed by atoms with E-state index >= 15 is 0 Å². The van der Waals surface area contributed by atoms with Gasteiger partial charge in [0.1, 0.15) is 5.56 Å². The zero-order valence-electron chi connectivity index (χ0n) is 8.15.